The number of allylic oxidation sites excluding steroid dienone is 4. The van der Waals surface area contributed by atoms with Gasteiger partial charge in [0.05, 0.1) is 0 Å². The van der Waals surface area contributed by atoms with Crippen molar-refractivity contribution >= 4 is 65.4 Å². The van der Waals surface area contributed by atoms with Crippen molar-refractivity contribution in [2.45, 2.75) is 12.3 Å². The van der Waals surface area contributed by atoms with Gasteiger partial charge in [-0.15, -0.1) is 0 Å². The predicted molar refractivity (Wildman–Crippen MR) is 211 cm³/mol. The summed E-state index contributed by atoms with van der Waals surface area (Å²) in [5.41, 5.74) is 7.27. The lowest BCUT2D eigenvalue weighted by Crippen LogP contribution is -2.08. The summed E-state index contributed by atoms with van der Waals surface area (Å²) in [5, 5.41) is 9.03. The second-order valence-corrected chi connectivity index (χ2v) is 13.5. The van der Waals surface area contributed by atoms with Gasteiger partial charge in [0.15, 0.2) is 11.6 Å². The molecule has 3 aromatic heterocycles. The summed E-state index contributed by atoms with van der Waals surface area (Å²) in [6.07, 6.45) is 9.31. The molecule has 0 bridgehead atoms. The zero-order valence-electron chi connectivity index (χ0n) is 28.0. The maximum absolute atomic E-state index is 6.72. The second kappa shape index (κ2) is 11.3. The zero-order chi connectivity index (χ0) is 34.2. The number of hydrogen-bond donors (Lipinski definition) is 0. The van der Waals surface area contributed by atoms with Gasteiger partial charge in [0.2, 0.25) is 0 Å². The third kappa shape index (κ3) is 4.53. The van der Waals surface area contributed by atoms with Gasteiger partial charge in [-0.25, -0.2) is 15.0 Å². The Morgan fingerprint density at radius 1 is 0.481 bits per heavy atom. The number of rotatable bonds is 4. The number of benzene rings is 7. The van der Waals surface area contributed by atoms with Gasteiger partial charge in [-0.3, -0.25) is 0 Å². The third-order valence-corrected chi connectivity index (χ3v) is 10.4. The second-order valence-electron chi connectivity index (χ2n) is 13.5. The van der Waals surface area contributed by atoms with Gasteiger partial charge in [0, 0.05) is 44.2 Å². The average molecular weight is 668 g/mol. The number of furan rings is 2. The Hall–Kier alpha value is -6.85. The lowest BCUT2D eigenvalue weighted by atomic mass is 9.94. The van der Waals surface area contributed by atoms with Crippen molar-refractivity contribution in [1.29, 1.82) is 0 Å². The van der Waals surface area contributed by atoms with Crippen molar-refractivity contribution in [3.63, 3.8) is 0 Å². The molecule has 1 aliphatic rings. The third-order valence-electron chi connectivity index (χ3n) is 10.4. The molecule has 5 heteroatoms. The van der Waals surface area contributed by atoms with Crippen LogP contribution < -0.4 is 0 Å². The van der Waals surface area contributed by atoms with E-state index >= 15 is 0 Å². The highest BCUT2D eigenvalue weighted by molar-refractivity contribution is 6.16. The van der Waals surface area contributed by atoms with Crippen LogP contribution >= 0.6 is 0 Å². The molecule has 0 radical (unpaired) electrons. The average Bonchev–Trinajstić information content (AvgIpc) is 3.79. The van der Waals surface area contributed by atoms with Crippen LogP contribution in [0, 0.1) is 0 Å². The van der Waals surface area contributed by atoms with E-state index in [-0.39, 0.29) is 5.92 Å². The molecule has 0 N–H and O–H groups in total. The van der Waals surface area contributed by atoms with Crippen LogP contribution in [0.3, 0.4) is 0 Å². The van der Waals surface area contributed by atoms with Gasteiger partial charge in [-0.1, -0.05) is 109 Å². The van der Waals surface area contributed by atoms with Gasteiger partial charge in [-0.2, -0.15) is 0 Å². The Morgan fingerprint density at radius 3 is 2.08 bits per heavy atom. The van der Waals surface area contributed by atoms with E-state index in [1.807, 2.05) is 42.5 Å². The van der Waals surface area contributed by atoms with Crippen LogP contribution in [0.15, 0.2) is 167 Å². The van der Waals surface area contributed by atoms with Crippen molar-refractivity contribution in [3.8, 4) is 33.9 Å². The standard InChI is InChI=1S/C47H29N3O2/c1-2-11-29(12-3-1)45-48-46(32-21-25-42-39(27-32)36-14-6-8-16-40(36)51-42)50-47(49-45)38-24-23-35(44-43(38)37-15-7-9-17-41(37)52-44)31-20-22-34-30(26-31)19-18-28-10-4-5-13-33(28)34/h1-11,13-27,29H,12H2. The normalized spacial score (nSPS) is 14.5. The Balaban J connectivity index is 1.13. The maximum atomic E-state index is 6.72. The molecule has 11 rings (SSSR count). The monoisotopic (exact) mass is 667 g/mol. The topological polar surface area (TPSA) is 65.0 Å². The Kier molecular flexibility index (Phi) is 6.31. The fraction of sp³-hybridized carbons (Fsp3) is 0.0426. The lowest BCUT2D eigenvalue weighted by Gasteiger charge is -2.15. The Bertz CT molecular complexity index is 3130. The summed E-state index contributed by atoms with van der Waals surface area (Å²) in [6, 6.07) is 46.5. The summed E-state index contributed by atoms with van der Waals surface area (Å²) in [5.74, 6) is 2.02. The first kappa shape index (κ1) is 28.9. The smallest absolute Gasteiger partial charge is 0.164 e. The van der Waals surface area contributed by atoms with E-state index in [1.165, 1.54) is 21.5 Å². The Labute approximate surface area is 298 Å². The number of para-hydroxylation sites is 2. The highest BCUT2D eigenvalue weighted by Crippen LogP contribution is 2.43. The summed E-state index contributed by atoms with van der Waals surface area (Å²) in [7, 11) is 0. The molecule has 0 saturated carbocycles. The first-order valence-electron chi connectivity index (χ1n) is 17.6. The van der Waals surface area contributed by atoms with Crippen LogP contribution in [0.25, 0.3) is 99.3 Å². The molecule has 0 fully saturated rings. The van der Waals surface area contributed by atoms with E-state index in [4.69, 9.17) is 23.8 Å². The van der Waals surface area contributed by atoms with E-state index in [2.05, 4.69) is 115 Å². The van der Waals surface area contributed by atoms with Crippen molar-refractivity contribution in [3.05, 3.63) is 164 Å². The molecular formula is C47H29N3O2. The van der Waals surface area contributed by atoms with Crippen LogP contribution in [0.1, 0.15) is 18.2 Å². The zero-order valence-corrected chi connectivity index (χ0v) is 28.0. The van der Waals surface area contributed by atoms with Gasteiger partial charge in [0.25, 0.3) is 0 Å². The molecule has 52 heavy (non-hydrogen) atoms. The Morgan fingerprint density at radius 2 is 1.19 bits per heavy atom. The summed E-state index contributed by atoms with van der Waals surface area (Å²) in [4.78, 5) is 15.5. The highest BCUT2D eigenvalue weighted by Gasteiger charge is 2.23. The fourth-order valence-electron chi connectivity index (χ4n) is 7.87. The van der Waals surface area contributed by atoms with Crippen LogP contribution in [0.4, 0.5) is 0 Å². The first-order valence-corrected chi connectivity index (χ1v) is 17.6. The van der Waals surface area contributed by atoms with Gasteiger partial charge in [-0.05, 0) is 82.1 Å². The van der Waals surface area contributed by atoms with E-state index in [0.29, 0.717) is 11.6 Å². The molecule has 5 nitrogen and oxygen atoms in total. The number of aromatic nitrogens is 3. The van der Waals surface area contributed by atoms with E-state index in [1.54, 1.807) is 0 Å². The molecule has 3 heterocycles. The van der Waals surface area contributed by atoms with Crippen molar-refractivity contribution in [2.75, 3.05) is 0 Å². The summed E-state index contributed by atoms with van der Waals surface area (Å²) in [6.45, 7) is 0. The molecule has 0 aliphatic heterocycles. The van der Waals surface area contributed by atoms with Crippen LogP contribution in [-0.4, -0.2) is 15.0 Å². The van der Waals surface area contributed by atoms with Crippen LogP contribution in [0.5, 0.6) is 0 Å². The molecule has 1 atom stereocenters. The minimum Gasteiger partial charge on any atom is -0.456 e. The molecular weight excluding hydrogens is 639 g/mol. The minimum atomic E-state index is 0.0357. The fourth-order valence-corrected chi connectivity index (χ4v) is 7.87. The van der Waals surface area contributed by atoms with Crippen molar-refractivity contribution in [1.82, 2.24) is 15.0 Å². The summed E-state index contributed by atoms with van der Waals surface area (Å²) >= 11 is 0. The number of fused-ring (bicyclic) bond motifs is 9. The lowest BCUT2D eigenvalue weighted by molar-refractivity contribution is 0.669. The van der Waals surface area contributed by atoms with Crippen LogP contribution in [-0.2, 0) is 0 Å². The predicted octanol–water partition coefficient (Wildman–Crippen LogP) is 12.6. The molecule has 0 spiro atoms. The quantitative estimate of drug-likeness (QED) is 0.175. The molecule has 1 unspecified atom stereocenters. The number of hydrogen-bond acceptors (Lipinski definition) is 5. The van der Waals surface area contributed by atoms with Crippen molar-refractivity contribution in [2.24, 2.45) is 0 Å². The maximum Gasteiger partial charge on any atom is 0.164 e. The van der Waals surface area contributed by atoms with Gasteiger partial charge < -0.3 is 8.83 Å². The van der Waals surface area contributed by atoms with Crippen LogP contribution in [0.2, 0.25) is 0 Å². The molecule has 1 aliphatic carbocycles. The molecule has 0 amide bonds. The molecule has 7 aromatic carbocycles. The first-order chi connectivity index (χ1) is 25.7. The van der Waals surface area contributed by atoms with E-state index < -0.39 is 0 Å². The van der Waals surface area contributed by atoms with E-state index in [9.17, 15) is 0 Å². The molecule has 10 aromatic rings. The molecule has 0 saturated heterocycles. The summed E-state index contributed by atoms with van der Waals surface area (Å²) < 4.78 is 12.9. The van der Waals surface area contributed by atoms with Gasteiger partial charge >= 0.3 is 0 Å². The SMILES string of the molecule is C1=CCC(c2nc(-c3ccc4oc5ccccc5c4c3)nc(-c3ccc(-c4ccc5c(ccc6ccccc65)c4)c4oc5ccccc5c34)n2)C=C1. The molecule has 244 valence electrons. The largest absolute Gasteiger partial charge is 0.456 e. The van der Waals surface area contributed by atoms with Crippen molar-refractivity contribution < 1.29 is 8.83 Å². The minimum absolute atomic E-state index is 0.0357. The number of nitrogens with zero attached hydrogens (tertiary/aromatic N) is 3. The van der Waals surface area contributed by atoms with Gasteiger partial charge in [0.1, 0.15) is 28.2 Å². The van der Waals surface area contributed by atoms with E-state index in [0.717, 1.165) is 78.4 Å². The highest BCUT2D eigenvalue weighted by atomic mass is 16.3.